The van der Waals surface area contributed by atoms with Gasteiger partial charge in [-0.25, -0.2) is 13.1 Å². The number of hydrogen-bond acceptors (Lipinski definition) is 4. The zero-order valence-electron chi connectivity index (χ0n) is 13.3. The van der Waals surface area contributed by atoms with Crippen molar-refractivity contribution in [3.8, 4) is 0 Å². The van der Waals surface area contributed by atoms with Crippen LogP contribution < -0.4 is 10.5 Å². The van der Waals surface area contributed by atoms with Crippen molar-refractivity contribution < 1.29 is 8.42 Å². The minimum absolute atomic E-state index is 0.0672. The predicted molar refractivity (Wildman–Crippen MR) is 85.4 cm³/mol. The van der Waals surface area contributed by atoms with Crippen LogP contribution in [0.5, 0.6) is 0 Å². The number of aryl methyl sites for hydroxylation is 1. The average Bonchev–Trinajstić information content (AvgIpc) is 2.81. The molecule has 6 nitrogen and oxygen atoms in total. The van der Waals surface area contributed by atoms with E-state index in [9.17, 15) is 8.42 Å². The third-order valence-corrected chi connectivity index (χ3v) is 5.04. The number of sulfonamides is 1. The molecule has 0 spiro atoms. The number of nitrogens with zero attached hydrogens (tertiary/aromatic N) is 2. The van der Waals surface area contributed by atoms with Gasteiger partial charge >= 0.3 is 0 Å². The zero-order valence-corrected chi connectivity index (χ0v) is 14.1. The van der Waals surface area contributed by atoms with E-state index in [4.69, 9.17) is 5.73 Å². The minimum Gasteiger partial charge on any atom is -0.381 e. The van der Waals surface area contributed by atoms with Crippen LogP contribution in [0.15, 0.2) is 11.1 Å². The van der Waals surface area contributed by atoms with Crippen molar-refractivity contribution in [1.82, 2.24) is 14.5 Å². The van der Waals surface area contributed by atoms with Crippen LogP contribution in [-0.2, 0) is 16.6 Å². The molecule has 0 aromatic carbocycles. The summed E-state index contributed by atoms with van der Waals surface area (Å²) in [5.74, 6) is 0.434. The Balaban J connectivity index is 2.72. The SMILES string of the molecule is CCCCC(CC)CNS(=O)(=O)c1cn(CCC)nc1N. The Morgan fingerprint density at radius 3 is 2.62 bits per heavy atom. The lowest BCUT2D eigenvalue weighted by Gasteiger charge is -2.15. The van der Waals surface area contributed by atoms with Crippen LogP contribution >= 0.6 is 0 Å². The molecular weight excluding hydrogens is 288 g/mol. The van der Waals surface area contributed by atoms with E-state index in [1.807, 2.05) is 6.92 Å². The fourth-order valence-electron chi connectivity index (χ4n) is 2.22. The Hall–Kier alpha value is -1.08. The van der Waals surface area contributed by atoms with Crippen molar-refractivity contribution in [1.29, 1.82) is 0 Å². The second kappa shape index (κ2) is 8.38. The van der Waals surface area contributed by atoms with E-state index in [1.165, 1.54) is 6.20 Å². The van der Waals surface area contributed by atoms with Crippen LogP contribution in [0.4, 0.5) is 5.82 Å². The van der Waals surface area contributed by atoms with Gasteiger partial charge in [0.25, 0.3) is 0 Å². The van der Waals surface area contributed by atoms with Gasteiger partial charge in [-0.3, -0.25) is 4.68 Å². The van der Waals surface area contributed by atoms with Crippen molar-refractivity contribution in [2.75, 3.05) is 12.3 Å². The summed E-state index contributed by atoms with van der Waals surface area (Å²) < 4.78 is 28.9. The van der Waals surface area contributed by atoms with Gasteiger partial charge in [-0.2, -0.15) is 5.10 Å². The minimum atomic E-state index is -3.58. The maximum absolute atomic E-state index is 12.3. The van der Waals surface area contributed by atoms with Crippen LogP contribution in [0.3, 0.4) is 0 Å². The molecule has 3 N–H and O–H groups in total. The predicted octanol–water partition coefficient (Wildman–Crippen LogP) is 2.37. The summed E-state index contributed by atoms with van der Waals surface area (Å²) in [6.07, 6.45) is 6.64. The quantitative estimate of drug-likeness (QED) is 0.693. The monoisotopic (exact) mass is 316 g/mol. The van der Waals surface area contributed by atoms with Gasteiger partial charge in [0.2, 0.25) is 10.0 Å². The molecule has 0 aliphatic heterocycles. The Bertz CT molecular complexity index is 525. The fraction of sp³-hybridized carbons (Fsp3) is 0.786. The third kappa shape index (κ3) is 5.32. The van der Waals surface area contributed by atoms with Gasteiger partial charge in [0.15, 0.2) is 5.82 Å². The third-order valence-electron chi connectivity index (χ3n) is 3.60. The van der Waals surface area contributed by atoms with Crippen molar-refractivity contribution in [2.24, 2.45) is 5.92 Å². The molecule has 0 bridgehead atoms. The van der Waals surface area contributed by atoms with Gasteiger partial charge in [0.05, 0.1) is 0 Å². The van der Waals surface area contributed by atoms with E-state index in [-0.39, 0.29) is 10.7 Å². The van der Waals surface area contributed by atoms with Crippen LogP contribution in [-0.4, -0.2) is 24.7 Å². The van der Waals surface area contributed by atoms with E-state index >= 15 is 0 Å². The first-order valence-corrected chi connectivity index (χ1v) is 9.25. The molecule has 0 fully saturated rings. The fourth-order valence-corrected chi connectivity index (χ4v) is 3.40. The molecule has 1 rings (SSSR count). The molecule has 0 radical (unpaired) electrons. The average molecular weight is 316 g/mol. The first-order valence-electron chi connectivity index (χ1n) is 7.77. The molecule has 0 saturated carbocycles. The topological polar surface area (TPSA) is 90.0 Å². The molecule has 7 heteroatoms. The molecule has 1 aromatic heterocycles. The van der Waals surface area contributed by atoms with E-state index in [1.54, 1.807) is 4.68 Å². The van der Waals surface area contributed by atoms with Crippen LogP contribution in [0.1, 0.15) is 52.9 Å². The maximum Gasteiger partial charge on any atom is 0.245 e. The lowest BCUT2D eigenvalue weighted by Crippen LogP contribution is -2.29. The normalized spacial score (nSPS) is 13.5. The van der Waals surface area contributed by atoms with Crippen molar-refractivity contribution in [3.05, 3.63) is 6.20 Å². The molecule has 122 valence electrons. The summed E-state index contributed by atoms with van der Waals surface area (Å²) in [4.78, 5) is 0.0845. The smallest absolute Gasteiger partial charge is 0.245 e. The Morgan fingerprint density at radius 1 is 1.33 bits per heavy atom. The number of nitrogen functional groups attached to an aromatic ring is 1. The van der Waals surface area contributed by atoms with Crippen molar-refractivity contribution in [3.63, 3.8) is 0 Å². The highest BCUT2D eigenvalue weighted by Crippen LogP contribution is 2.18. The second-order valence-corrected chi connectivity index (χ2v) is 7.15. The standard InChI is InChI=1S/C14H28N4O2S/c1-4-7-8-12(6-3)10-16-21(19,20)13-11-18(9-5-2)17-14(13)15/h11-12,16H,4-10H2,1-3H3,(H2,15,17). The number of nitrogens with one attached hydrogen (secondary N) is 1. The van der Waals surface area contributed by atoms with Crippen molar-refractivity contribution in [2.45, 2.75) is 64.3 Å². The first-order chi connectivity index (χ1) is 9.94. The summed E-state index contributed by atoms with van der Waals surface area (Å²) in [6, 6.07) is 0. The molecule has 0 aliphatic rings. The molecule has 21 heavy (non-hydrogen) atoms. The number of aromatic nitrogens is 2. The van der Waals surface area contributed by atoms with Crippen molar-refractivity contribution >= 4 is 15.8 Å². The van der Waals surface area contributed by atoms with Crippen LogP contribution in [0.25, 0.3) is 0 Å². The molecule has 0 aliphatic carbocycles. The van der Waals surface area contributed by atoms with Gasteiger partial charge in [0, 0.05) is 19.3 Å². The molecule has 1 heterocycles. The lowest BCUT2D eigenvalue weighted by atomic mass is 10.00. The van der Waals surface area contributed by atoms with Gasteiger partial charge in [-0.05, 0) is 18.8 Å². The molecule has 1 unspecified atom stereocenters. The Morgan fingerprint density at radius 2 is 2.05 bits per heavy atom. The molecule has 0 saturated heterocycles. The molecular formula is C14H28N4O2S. The number of nitrogens with two attached hydrogens (primary N) is 1. The number of rotatable bonds is 10. The largest absolute Gasteiger partial charge is 0.381 e. The number of hydrogen-bond donors (Lipinski definition) is 2. The van der Waals surface area contributed by atoms with Gasteiger partial charge in [-0.1, -0.05) is 40.0 Å². The highest BCUT2D eigenvalue weighted by atomic mass is 32.2. The number of anilines is 1. The molecule has 1 atom stereocenters. The molecule has 0 amide bonds. The van der Waals surface area contributed by atoms with Crippen LogP contribution in [0, 0.1) is 5.92 Å². The maximum atomic E-state index is 12.3. The zero-order chi connectivity index (χ0) is 15.9. The summed E-state index contributed by atoms with van der Waals surface area (Å²) in [7, 11) is -3.58. The van der Waals surface area contributed by atoms with Gasteiger partial charge in [-0.15, -0.1) is 0 Å². The lowest BCUT2D eigenvalue weighted by molar-refractivity contribution is 0.444. The first kappa shape index (κ1) is 18.0. The summed E-state index contributed by atoms with van der Waals surface area (Å²) in [5, 5.41) is 4.04. The highest BCUT2D eigenvalue weighted by molar-refractivity contribution is 7.89. The summed E-state index contributed by atoms with van der Waals surface area (Å²) >= 11 is 0. The van der Waals surface area contributed by atoms with E-state index in [0.717, 1.165) is 32.1 Å². The van der Waals surface area contributed by atoms with Crippen LogP contribution in [0.2, 0.25) is 0 Å². The Labute approximate surface area is 128 Å². The summed E-state index contributed by atoms with van der Waals surface area (Å²) in [5.41, 5.74) is 5.73. The van der Waals surface area contributed by atoms with Gasteiger partial charge in [0.1, 0.15) is 4.90 Å². The summed E-state index contributed by atoms with van der Waals surface area (Å²) in [6.45, 7) is 7.34. The second-order valence-electron chi connectivity index (χ2n) is 5.41. The van der Waals surface area contributed by atoms with E-state index in [0.29, 0.717) is 19.0 Å². The van der Waals surface area contributed by atoms with Gasteiger partial charge < -0.3 is 5.73 Å². The van der Waals surface area contributed by atoms with E-state index in [2.05, 4.69) is 23.7 Å². The van der Waals surface area contributed by atoms with E-state index < -0.39 is 10.0 Å². The number of unbranched alkanes of at least 4 members (excludes halogenated alkanes) is 1. The Kier molecular flexibility index (Phi) is 7.17. The molecule has 1 aromatic rings. The highest BCUT2D eigenvalue weighted by Gasteiger charge is 2.22.